The normalized spacial score (nSPS) is 26.5. The van der Waals surface area contributed by atoms with Crippen LogP contribution in [0, 0.1) is 11.3 Å². The van der Waals surface area contributed by atoms with E-state index in [2.05, 4.69) is 22.9 Å². The lowest BCUT2D eigenvalue weighted by Crippen LogP contribution is -2.48. The molecule has 7 heteroatoms. The lowest BCUT2D eigenvalue weighted by atomic mass is 9.73. The SMILES string of the molecule is COc1nccc(SC2=CC=C(N3CCC4(CC[C@@H](C)[C@H]4N)CC3)CC2=O)c1Cl. The zero-order chi connectivity index (χ0) is 20.6. The molecule has 156 valence electrons. The van der Waals surface area contributed by atoms with Gasteiger partial charge < -0.3 is 15.4 Å². The van der Waals surface area contributed by atoms with E-state index >= 15 is 0 Å². The first-order valence-corrected chi connectivity index (χ1v) is 11.4. The number of carbonyl (C=O) groups is 1. The number of allylic oxidation sites excluding steroid dienone is 4. The fourth-order valence-corrected chi connectivity index (χ4v) is 6.09. The number of halogens is 1. The number of carbonyl (C=O) groups excluding carboxylic acids is 1. The molecule has 0 unspecified atom stereocenters. The second kappa shape index (κ2) is 8.32. The van der Waals surface area contributed by atoms with Gasteiger partial charge in [0, 0.05) is 35.9 Å². The van der Waals surface area contributed by atoms with E-state index in [1.165, 1.54) is 31.7 Å². The van der Waals surface area contributed by atoms with Gasteiger partial charge in [0.15, 0.2) is 5.78 Å². The minimum atomic E-state index is 0.130. The van der Waals surface area contributed by atoms with Gasteiger partial charge in [0.05, 0.1) is 18.4 Å². The quantitative estimate of drug-likeness (QED) is 0.758. The summed E-state index contributed by atoms with van der Waals surface area (Å²) in [6, 6.07) is 2.12. The zero-order valence-electron chi connectivity index (χ0n) is 17.0. The van der Waals surface area contributed by atoms with Crippen LogP contribution in [-0.2, 0) is 4.79 Å². The number of nitrogens with zero attached hydrogens (tertiary/aromatic N) is 2. The van der Waals surface area contributed by atoms with Crippen molar-refractivity contribution in [3.8, 4) is 5.88 Å². The Kier molecular flexibility index (Phi) is 5.96. The summed E-state index contributed by atoms with van der Waals surface area (Å²) >= 11 is 7.70. The lowest BCUT2D eigenvalue weighted by Gasteiger charge is -2.44. The highest BCUT2D eigenvalue weighted by molar-refractivity contribution is 8.04. The maximum absolute atomic E-state index is 12.8. The second-order valence-corrected chi connectivity index (χ2v) is 9.88. The number of piperidine rings is 1. The first-order chi connectivity index (χ1) is 13.9. The van der Waals surface area contributed by atoms with Crippen LogP contribution in [0.3, 0.4) is 0 Å². The van der Waals surface area contributed by atoms with Crippen LogP contribution < -0.4 is 10.5 Å². The number of likely N-dealkylation sites (tertiary alicyclic amines) is 1. The predicted octanol–water partition coefficient (Wildman–Crippen LogP) is 4.42. The summed E-state index contributed by atoms with van der Waals surface area (Å²) < 4.78 is 5.16. The van der Waals surface area contributed by atoms with Gasteiger partial charge >= 0.3 is 0 Å². The Balaban J connectivity index is 1.44. The van der Waals surface area contributed by atoms with Crippen LogP contribution in [0.4, 0.5) is 0 Å². The van der Waals surface area contributed by atoms with E-state index in [1.807, 2.05) is 6.08 Å². The first-order valence-electron chi connectivity index (χ1n) is 10.2. The van der Waals surface area contributed by atoms with Gasteiger partial charge in [0.2, 0.25) is 5.88 Å². The molecule has 2 fully saturated rings. The van der Waals surface area contributed by atoms with E-state index in [0.717, 1.165) is 36.5 Å². The summed E-state index contributed by atoms with van der Waals surface area (Å²) in [5.41, 5.74) is 7.96. The van der Waals surface area contributed by atoms with Gasteiger partial charge in [0.25, 0.3) is 0 Å². The third kappa shape index (κ3) is 3.94. The number of pyridine rings is 1. The highest BCUT2D eigenvalue weighted by atomic mass is 35.5. The number of aromatic nitrogens is 1. The minimum Gasteiger partial charge on any atom is -0.480 e. The molecule has 5 nitrogen and oxygen atoms in total. The molecule has 0 radical (unpaired) electrons. The van der Waals surface area contributed by atoms with E-state index in [0.29, 0.717) is 39.6 Å². The molecule has 1 saturated carbocycles. The molecule has 0 bridgehead atoms. The summed E-state index contributed by atoms with van der Waals surface area (Å²) in [5, 5.41) is 0.437. The molecule has 0 amide bonds. The Labute approximate surface area is 181 Å². The smallest absolute Gasteiger partial charge is 0.233 e. The molecular formula is C22H28ClN3O2S. The van der Waals surface area contributed by atoms with E-state index in [4.69, 9.17) is 22.1 Å². The number of ketones is 1. The summed E-state index contributed by atoms with van der Waals surface area (Å²) in [6.07, 6.45) is 10.8. The van der Waals surface area contributed by atoms with Crippen molar-refractivity contribution >= 4 is 29.1 Å². The average molecular weight is 434 g/mol. The van der Waals surface area contributed by atoms with E-state index in [1.54, 1.807) is 12.3 Å². The summed E-state index contributed by atoms with van der Waals surface area (Å²) in [5.74, 6) is 1.13. The fourth-order valence-electron chi connectivity index (χ4n) is 4.92. The monoisotopic (exact) mass is 433 g/mol. The average Bonchev–Trinajstić information content (AvgIpc) is 3.00. The maximum Gasteiger partial charge on any atom is 0.233 e. The van der Waals surface area contributed by atoms with E-state index in [-0.39, 0.29) is 5.78 Å². The van der Waals surface area contributed by atoms with Gasteiger partial charge in [-0.1, -0.05) is 30.3 Å². The highest BCUT2D eigenvalue weighted by Crippen LogP contribution is 2.48. The van der Waals surface area contributed by atoms with E-state index in [9.17, 15) is 4.79 Å². The second-order valence-electron chi connectivity index (χ2n) is 8.41. The Morgan fingerprint density at radius 1 is 1.31 bits per heavy atom. The standard InChI is InChI=1S/C22H28ClN3O2S/c1-14-5-7-22(20(14)24)8-11-26(12-9-22)15-3-4-17(16(27)13-15)29-18-6-10-25-21(28-2)19(18)23/h3-4,6,10,14,20H,5,7-9,11-13,24H2,1-2H3/t14-,20-/m1/s1. The molecule has 3 aliphatic rings. The number of hydrogen-bond donors (Lipinski definition) is 1. The molecule has 29 heavy (non-hydrogen) atoms. The molecular weight excluding hydrogens is 406 g/mol. The number of hydrogen-bond acceptors (Lipinski definition) is 6. The fraction of sp³-hybridized carbons (Fsp3) is 0.545. The van der Waals surface area contributed by atoms with Crippen molar-refractivity contribution < 1.29 is 9.53 Å². The number of methoxy groups -OCH3 is 1. The number of thioether (sulfide) groups is 1. The maximum atomic E-state index is 12.8. The number of rotatable bonds is 4. The van der Waals surface area contributed by atoms with Gasteiger partial charge in [-0.25, -0.2) is 4.98 Å². The van der Waals surface area contributed by atoms with Crippen LogP contribution in [-0.4, -0.2) is 41.9 Å². The molecule has 1 aromatic rings. The molecule has 1 spiro atoms. The Hall–Kier alpha value is -1.50. The molecule has 4 rings (SSSR count). The number of Topliss-reactive ketones (excluding diaryl/α,β-unsaturated/α-hetero) is 1. The Morgan fingerprint density at radius 3 is 2.69 bits per heavy atom. The summed E-state index contributed by atoms with van der Waals surface area (Å²) in [6.45, 7) is 4.26. The molecule has 2 heterocycles. The van der Waals surface area contributed by atoms with Crippen molar-refractivity contribution in [2.24, 2.45) is 17.1 Å². The van der Waals surface area contributed by atoms with Crippen LogP contribution in [0.15, 0.2) is 39.9 Å². The van der Waals surface area contributed by atoms with Gasteiger partial charge in [-0.3, -0.25) is 4.79 Å². The third-order valence-corrected chi connectivity index (χ3v) is 8.48. The van der Waals surface area contributed by atoms with Crippen LogP contribution in [0.1, 0.15) is 39.0 Å². The third-order valence-electron chi connectivity index (χ3n) is 6.86. The largest absolute Gasteiger partial charge is 0.480 e. The Bertz CT molecular complexity index is 862. The van der Waals surface area contributed by atoms with Crippen molar-refractivity contribution in [2.75, 3.05) is 20.2 Å². The predicted molar refractivity (Wildman–Crippen MR) is 117 cm³/mol. The lowest BCUT2D eigenvalue weighted by molar-refractivity contribution is -0.114. The van der Waals surface area contributed by atoms with Crippen LogP contribution in [0.2, 0.25) is 5.02 Å². The topological polar surface area (TPSA) is 68.4 Å². The van der Waals surface area contributed by atoms with Gasteiger partial charge in [-0.15, -0.1) is 0 Å². The van der Waals surface area contributed by atoms with Crippen molar-refractivity contribution in [1.29, 1.82) is 0 Å². The van der Waals surface area contributed by atoms with Gasteiger partial charge in [-0.2, -0.15) is 0 Å². The molecule has 1 saturated heterocycles. The number of nitrogens with two attached hydrogens (primary N) is 1. The van der Waals surface area contributed by atoms with Crippen LogP contribution in [0.5, 0.6) is 5.88 Å². The van der Waals surface area contributed by atoms with Gasteiger partial charge in [0.1, 0.15) is 5.02 Å². The van der Waals surface area contributed by atoms with Crippen LogP contribution in [0.25, 0.3) is 0 Å². The van der Waals surface area contributed by atoms with Crippen molar-refractivity contribution in [3.63, 3.8) is 0 Å². The summed E-state index contributed by atoms with van der Waals surface area (Å²) in [4.78, 5) is 20.7. The highest BCUT2D eigenvalue weighted by Gasteiger charge is 2.46. The molecule has 2 atom stereocenters. The van der Waals surface area contributed by atoms with E-state index < -0.39 is 0 Å². The first kappa shape index (κ1) is 20.8. The van der Waals surface area contributed by atoms with Crippen LogP contribution >= 0.6 is 23.4 Å². The molecule has 2 N–H and O–H groups in total. The van der Waals surface area contributed by atoms with Crippen molar-refractivity contribution in [2.45, 2.75) is 50.0 Å². The Morgan fingerprint density at radius 2 is 2.07 bits per heavy atom. The molecule has 1 aliphatic heterocycles. The molecule has 1 aromatic heterocycles. The summed E-state index contributed by atoms with van der Waals surface area (Å²) in [7, 11) is 1.53. The molecule has 2 aliphatic carbocycles. The van der Waals surface area contributed by atoms with Crippen molar-refractivity contribution in [3.05, 3.63) is 40.0 Å². The minimum absolute atomic E-state index is 0.130. The zero-order valence-corrected chi connectivity index (χ0v) is 18.6. The molecule has 0 aromatic carbocycles. The number of ether oxygens (including phenoxy) is 1. The van der Waals surface area contributed by atoms with Crippen molar-refractivity contribution in [1.82, 2.24) is 9.88 Å². The van der Waals surface area contributed by atoms with Gasteiger partial charge in [-0.05, 0) is 55.2 Å².